The first-order valence-corrected chi connectivity index (χ1v) is 8.77. The van der Waals surface area contributed by atoms with Crippen LogP contribution in [0.15, 0.2) is 12.4 Å². The van der Waals surface area contributed by atoms with Gasteiger partial charge in [0.2, 0.25) is 5.88 Å². The maximum Gasteiger partial charge on any atom is 0.410 e. The molecule has 0 unspecified atom stereocenters. The van der Waals surface area contributed by atoms with E-state index in [-0.39, 0.29) is 12.1 Å². The lowest BCUT2D eigenvalue weighted by Gasteiger charge is -2.36. The van der Waals surface area contributed by atoms with Crippen LogP contribution >= 0.6 is 0 Å². The third-order valence-electron chi connectivity index (χ3n) is 4.01. The maximum atomic E-state index is 12.4. The van der Waals surface area contributed by atoms with Crippen LogP contribution in [0.3, 0.4) is 0 Å². The summed E-state index contributed by atoms with van der Waals surface area (Å²) in [4.78, 5) is 22.6. The van der Waals surface area contributed by atoms with Gasteiger partial charge in [-0.15, -0.1) is 0 Å². The second-order valence-corrected chi connectivity index (χ2v) is 7.26. The predicted octanol–water partition coefficient (Wildman–Crippen LogP) is 3.73. The second kappa shape index (κ2) is 8.31. The lowest BCUT2D eigenvalue weighted by molar-refractivity contribution is 0.00822. The van der Waals surface area contributed by atoms with Gasteiger partial charge in [0.1, 0.15) is 5.60 Å². The van der Waals surface area contributed by atoms with E-state index in [1.807, 2.05) is 32.6 Å². The minimum absolute atomic E-state index is 0.196. The molecule has 1 aromatic rings. The summed E-state index contributed by atoms with van der Waals surface area (Å²) in [6, 6.07) is 0.236. The highest BCUT2D eigenvalue weighted by atomic mass is 16.6. The fourth-order valence-corrected chi connectivity index (χ4v) is 2.89. The Kier molecular flexibility index (Phi) is 6.40. The number of rotatable bonds is 5. The fraction of sp³-hybridized carbons (Fsp3) is 0.722. The molecule has 1 fully saturated rings. The molecule has 0 saturated carbocycles. The Labute approximate surface area is 144 Å². The number of amides is 1. The Morgan fingerprint density at radius 3 is 2.75 bits per heavy atom. The van der Waals surface area contributed by atoms with Crippen molar-refractivity contribution < 1.29 is 14.3 Å². The van der Waals surface area contributed by atoms with Crippen LogP contribution in [0, 0.1) is 6.92 Å². The van der Waals surface area contributed by atoms with Crippen molar-refractivity contribution in [3.8, 4) is 5.88 Å². The van der Waals surface area contributed by atoms with Crippen molar-refractivity contribution in [2.45, 2.75) is 71.4 Å². The maximum absolute atomic E-state index is 12.4. The van der Waals surface area contributed by atoms with Gasteiger partial charge in [-0.05, 0) is 59.8 Å². The van der Waals surface area contributed by atoms with Crippen molar-refractivity contribution >= 4 is 6.09 Å². The molecule has 0 spiro atoms. The molecule has 0 aliphatic carbocycles. The van der Waals surface area contributed by atoms with E-state index in [1.165, 1.54) is 0 Å². The van der Waals surface area contributed by atoms with E-state index in [0.29, 0.717) is 12.5 Å². The first-order chi connectivity index (χ1) is 11.4. The molecule has 1 saturated heterocycles. The van der Waals surface area contributed by atoms with Gasteiger partial charge in [0.25, 0.3) is 0 Å². The first kappa shape index (κ1) is 18.5. The van der Waals surface area contributed by atoms with Gasteiger partial charge in [-0.3, -0.25) is 4.98 Å². The van der Waals surface area contributed by atoms with Crippen LogP contribution in [0.5, 0.6) is 5.88 Å². The average molecular weight is 335 g/mol. The van der Waals surface area contributed by atoms with Crippen LogP contribution in [-0.2, 0) is 4.74 Å². The summed E-state index contributed by atoms with van der Waals surface area (Å²) in [5.41, 5.74) is 0.344. The number of hydrogen-bond acceptors (Lipinski definition) is 5. The van der Waals surface area contributed by atoms with Crippen LogP contribution in [0.2, 0.25) is 0 Å². The molecule has 1 amide bonds. The largest absolute Gasteiger partial charge is 0.476 e. The van der Waals surface area contributed by atoms with E-state index < -0.39 is 5.60 Å². The third kappa shape index (κ3) is 5.65. The van der Waals surface area contributed by atoms with Crippen LogP contribution in [0.25, 0.3) is 0 Å². The summed E-state index contributed by atoms with van der Waals surface area (Å²) in [6.07, 6.45) is 8.12. The van der Waals surface area contributed by atoms with Crippen molar-refractivity contribution in [3.05, 3.63) is 18.1 Å². The molecule has 134 valence electrons. The van der Waals surface area contributed by atoms with E-state index in [9.17, 15) is 4.79 Å². The molecule has 6 heteroatoms. The van der Waals surface area contributed by atoms with E-state index in [4.69, 9.17) is 9.47 Å². The van der Waals surface area contributed by atoms with Crippen LogP contribution < -0.4 is 4.74 Å². The molecule has 1 aliphatic rings. The first-order valence-electron chi connectivity index (χ1n) is 8.77. The molecule has 0 bridgehead atoms. The van der Waals surface area contributed by atoms with Crippen molar-refractivity contribution in [1.29, 1.82) is 0 Å². The van der Waals surface area contributed by atoms with Crippen LogP contribution in [0.4, 0.5) is 4.79 Å². The zero-order valence-electron chi connectivity index (χ0n) is 15.2. The van der Waals surface area contributed by atoms with Crippen molar-refractivity contribution in [2.24, 2.45) is 0 Å². The lowest BCUT2D eigenvalue weighted by Crippen LogP contribution is -2.46. The average Bonchev–Trinajstić information content (AvgIpc) is 2.52. The van der Waals surface area contributed by atoms with E-state index in [0.717, 1.165) is 44.3 Å². The van der Waals surface area contributed by atoms with Gasteiger partial charge in [-0.25, -0.2) is 9.78 Å². The summed E-state index contributed by atoms with van der Waals surface area (Å²) in [5.74, 6) is 0.588. The summed E-state index contributed by atoms with van der Waals surface area (Å²) in [5, 5.41) is 0. The van der Waals surface area contributed by atoms with Crippen LogP contribution in [0.1, 0.15) is 58.6 Å². The monoisotopic (exact) mass is 335 g/mol. The topological polar surface area (TPSA) is 64.6 Å². The molecule has 0 radical (unpaired) electrons. The van der Waals surface area contributed by atoms with Gasteiger partial charge in [0.05, 0.1) is 12.3 Å². The molecule has 0 N–H and O–H groups in total. The molecular weight excluding hydrogens is 306 g/mol. The van der Waals surface area contributed by atoms with Gasteiger partial charge >= 0.3 is 6.09 Å². The van der Waals surface area contributed by atoms with Gasteiger partial charge < -0.3 is 14.4 Å². The summed E-state index contributed by atoms with van der Waals surface area (Å²) < 4.78 is 11.2. The number of piperidine rings is 1. The Morgan fingerprint density at radius 1 is 1.29 bits per heavy atom. The molecule has 1 atom stereocenters. The molecular formula is C18H29N3O3. The fourth-order valence-electron chi connectivity index (χ4n) is 2.89. The molecule has 0 aromatic carbocycles. The summed E-state index contributed by atoms with van der Waals surface area (Å²) in [6.45, 7) is 8.96. The Hall–Kier alpha value is -1.85. The van der Waals surface area contributed by atoms with Crippen LogP contribution in [-0.4, -0.2) is 45.8 Å². The van der Waals surface area contributed by atoms with Crippen molar-refractivity contribution in [1.82, 2.24) is 14.9 Å². The number of aryl methyl sites for hydroxylation is 1. The standard InChI is InChI=1S/C18H29N3O3/c1-14-16(20-11-10-19-14)23-13-7-9-15-8-5-6-12-21(15)17(22)24-18(2,3)4/h10-11,15H,5-9,12-13H2,1-4H3/t15-/m1/s1. The minimum atomic E-state index is -0.453. The number of carbonyl (C=O) groups is 1. The van der Waals surface area contributed by atoms with Gasteiger partial charge in [0.15, 0.2) is 0 Å². The Bertz CT molecular complexity index is 543. The molecule has 24 heavy (non-hydrogen) atoms. The number of carbonyl (C=O) groups excluding carboxylic acids is 1. The number of nitrogens with zero attached hydrogens (tertiary/aromatic N) is 3. The molecule has 2 rings (SSSR count). The number of likely N-dealkylation sites (tertiary alicyclic amines) is 1. The van der Waals surface area contributed by atoms with E-state index in [2.05, 4.69) is 9.97 Å². The number of hydrogen-bond donors (Lipinski definition) is 0. The summed E-state index contributed by atoms with van der Waals surface area (Å²) >= 11 is 0. The smallest absolute Gasteiger partial charge is 0.410 e. The zero-order chi connectivity index (χ0) is 17.6. The van der Waals surface area contributed by atoms with E-state index >= 15 is 0 Å². The van der Waals surface area contributed by atoms with Gasteiger partial charge in [0, 0.05) is 25.0 Å². The highest BCUT2D eigenvalue weighted by Crippen LogP contribution is 2.23. The minimum Gasteiger partial charge on any atom is -0.476 e. The molecule has 1 aromatic heterocycles. The Balaban J connectivity index is 1.81. The number of ether oxygens (including phenoxy) is 2. The SMILES string of the molecule is Cc1nccnc1OCCC[C@H]1CCCCN1C(=O)OC(C)(C)C. The molecule has 6 nitrogen and oxygen atoms in total. The summed E-state index contributed by atoms with van der Waals surface area (Å²) in [7, 11) is 0. The third-order valence-corrected chi connectivity index (χ3v) is 4.01. The van der Waals surface area contributed by atoms with Crippen molar-refractivity contribution in [2.75, 3.05) is 13.2 Å². The van der Waals surface area contributed by atoms with Crippen molar-refractivity contribution in [3.63, 3.8) is 0 Å². The number of aromatic nitrogens is 2. The van der Waals surface area contributed by atoms with Gasteiger partial charge in [-0.1, -0.05) is 0 Å². The zero-order valence-corrected chi connectivity index (χ0v) is 15.2. The molecule has 1 aliphatic heterocycles. The van der Waals surface area contributed by atoms with Gasteiger partial charge in [-0.2, -0.15) is 0 Å². The quantitative estimate of drug-likeness (QED) is 0.767. The second-order valence-electron chi connectivity index (χ2n) is 7.26. The normalized spacial score (nSPS) is 18.3. The highest BCUT2D eigenvalue weighted by Gasteiger charge is 2.30. The Morgan fingerprint density at radius 2 is 2.04 bits per heavy atom. The molecule has 2 heterocycles. The highest BCUT2D eigenvalue weighted by molar-refractivity contribution is 5.68. The van der Waals surface area contributed by atoms with E-state index in [1.54, 1.807) is 12.4 Å². The predicted molar refractivity (Wildman–Crippen MR) is 92.1 cm³/mol. The lowest BCUT2D eigenvalue weighted by atomic mass is 9.98.